The molecule has 0 radical (unpaired) electrons. The molecular formula is C18H17N3O4S2. The molecule has 1 amide bonds. The van der Waals surface area contributed by atoms with E-state index in [2.05, 4.69) is 10.2 Å². The molecule has 1 unspecified atom stereocenters. The van der Waals surface area contributed by atoms with Gasteiger partial charge in [-0.15, -0.1) is 21.5 Å². The Bertz CT molecular complexity index is 913. The number of thiophene rings is 1. The van der Waals surface area contributed by atoms with Crippen LogP contribution in [0.15, 0.2) is 51.4 Å². The number of aromatic nitrogens is 2. The number of hydrogen-bond acceptors (Lipinski definition) is 8. The number of rotatable bonds is 6. The third-order valence-corrected chi connectivity index (χ3v) is 5.59. The molecule has 1 atom stereocenters. The van der Waals surface area contributed by atoms with Gasteiger partial charge >= 0.3 is 0 Å². The first-order valence-corrected chi connectivity index (χ1v) is 10.2. The average Bonchev–Trinajstić information content (AvgIpc) is 3.37. The Morgan fingerprint density at radius 3 is 2.93 bits per heavy atom. The van der Waals surface area contributed by atoms with Gasteiger partial charge in [-0.2, -0.15) is 0 Å². The smallest absolute Gasteiger partial charge is 0.277 e. The summed E-state index contributed by atoms with van der Waals surface area (Å²) in [5, 5.41) is 10.4. The van der Waals surface area contributed by atoms with Gasteiger partial charge in [-0.3, -0.25) is 4.79 Å². The molecule has 1 aromatic carbocycles. The van der Waals surface area contributed by atoms with Gasteiger partial charge in [0.15, 0.2) is 11.5 Å². The second-order valence-corrected chi connectivity index (χ2v) is 7.85. The van der Waals surface area contributed by atoms with Gasteiger partial charge in [-0.1, -0.05) is 30.0 Å². The normalized spacial score (nSPS) is 15.5. The molecule has 0 bridgehead atoms. The summed E-state index contributed by atoms with van der Waals surface area (Å²) in [6, 6.07) is 11.4. The van der Waals surface area contributed by atoms with Gasteiger partial charge in [0, 0.05) is 11.9 Å². The van der Waals surface area contributed by atoms with E-state index in [1.807, 2.05) is 41.8 Å². The second-order valence-electron chi connectivity index (χ2n) is 5.89. The van der Waals surface area contributed by atoms with E-state index < -0.39 is 6.10 Å². The predicted octanol–water partition coefficient (Wildman–Crippen LogP) is 3.39. The molecule has 7 nitrogen and oxygen atoms in total. The van der Waals surface area contributed by atoms with Gasteiger partial charge in [0.2, 0.25) is 12.0 Å². The minimum absolute atomic E-state index is 0.000623. The number of benzene rings is 1. The van der Waals surface area contributed by atoms with Crippen molar-refractivity contribution in [2.45, 2.75) is 17.9 Å². The van der Waals surface area contributed by atoms with Crippen LogP contribution in [0.25, 0.3) is 0 Å². The first kappa shape index (κ1) is 17.9. The fraction of sp³-hybridized carbons (Fsp3) is 0.278. The Morgan fingerprint density at radius 2 is 2.11 bits per heavy atom. The van der Waals surface area contributed by atoms with Crippen molar-refractivity contribution in [2.75, 3.05) is 19.4 Å². The van der Waals surface area contributed by atoms with Crippen LogP contribution < -0.4 is 9.47 Å². The van der Waals surface area contributed by atoms with Crippen LogP contribution in [0.1, 0.15) is 16.9 Å². The lowest BCUT2D eigenvalue weighted by Gasteiger charge is -2.23. The Morgan fingerprint density at radius 1 is 1.26 bits per heavy atom. The Kier molecular flexibility index (Phi) is 5.30. The fourth-order valence-electron chi connectivity index (χ4n) is 2.51. The molecule has 140 valence electrons. The van der Waals surface area contributed by atoms with Crippen LogP contribution in [0, 0.1) is 0 Å². The summed E-state index contributed by atoms with van der Waals surface area (Å²) in [5.74, 6) is 1.91. The number of amides is 1. The molecule has 1 aliphatic heterocycles. The first-order valence-electron chi connectivity index (χ1n) is 8.30. The third-order valence-electron chi connectivity index (χ3n) is 3.92. The van der Waals surface area contributed by atoms with Crippen LogP contribution in [0.2, 0.25) is 0 Å². The van der Waals surface area contributed by atoms with E-state index in [9.17, 15) is 4.79 Å². The molecule has 9 heteroatoms. The van der Waals surface area contributed by atoms with Crippen molar-refractivity contribution in [2.24, 2.45) is 0 Å². The highest BCUT2D eigenvalue weighted by Crippen LogP contribution is 2.35. The van der Waals surface area contributed by atoms with Crippen molar-refractivity contribution in [1.29, 1.82) is 0 Å². The zero-order valence-electron chi connectivity index (χ0n) is 14.5. The molecule has 4 rings (SSSR count). The molecule has 1 aliphatic rings. The SMILES string of the molecule is CN(Cc1cccs1)C(=O)CSc1nnc(C2COc3ccccc3O2)o1. The van der Waals surface area contributed by atoms with Crippen molar-refractivity contribution in [3.05, 3.63) is 52.5 Å². The van der Waals surface area contributed by atoms with E-state index in [1.165, 1.54) is 11.8 Å². The fourth-order valence-corrected chi connectivity index (χ4v) is 3.98. The largest absolute Gasteiger partial charge is 0.485 e. The summed E-state index contributed by atoms with van der Waals surface area (Å²) in [6.07, 6.45) is -0.459. The highest BCUT2D eigenvalue weighted by atomic mass is 32.2. The number of ether oxygens (including phenoxy) is 2. The number of hydrogen-bond donors (Lipinski definition) is 0. The number of fused-ring (bicyclic) bond motifs is 1. The maximum Gasteiger partial charge on any atom is 0.277 e. The van der Waals surface area contributed by atoms with Crippen molar-refractivity contribution in [3.8, 4) is 11.5 Å². The number of thioether (sulfide) groups is 1. The van der Waals surface area contributed by atoms with Crippen LogP contribution in [0.5, 0.6) is 11.5 Å². The van der Waals surface area contributed by atoms with Crippen LogP contribution >= 0.6 is 23.1 Å². The highest BCUT2D eigenvalue weighted by Gasteiger charge is 2.27. The number of nitrogens with zero attached hydrogens (tertiary/aromatic N) is 3. The lowest BCUT2D eigenvalue weighted by molar-refractivity contribution is -0.127. The van der Waals surface area contributed by atoms with E-state index in [0.29, 0.717) is 35.8 Å². The minimum Gasteiger partial charge on any atom is -0.485 e. The van der Waals surface area contributed by atoms with Crippen molar-refractivity contribution in [1.82, 2.24) is 15.1 Å². The number of carbonyl (C=O) groups excluding carboxylic acids is 1. The minimum atomic E-state index is -0.459. The van der Waals surface area contributed by atoms with Gasteiger partial charge in [-0.25, -0.2) is 0 Å². The monoisotopic (exact) mass is 403 g/mol. The Labute approximate surface area is 164 Å². The topological polar surface area (TPSA) is 77.7 Å². The van der Waals surface area contributed by atoms with Crippen LogP contribution in [-0.2, 0) is 11.3 Å². The van der Waals surface area contributed by atoms with Gasteiger partial charge in [0.1, 0.15) is 6.61 Å². The summed E-state index contributed by atoms with van der Waals surface area (Å²) in [5.41, 5.74) is 0. The Hall–Kier alpha value is -2.52. The first-order chi connectivity index (χ1) is 13.2. The molecule has 0 saturated carbocycles. The van der Waals surface area contributed by atoms with Crippen LogP contribution in [0.4, 0.5) is 0 Å². The average molecular weight is 403 g/mol. The summed E-state index contributed by atoms with van der Waals surface area (Å²) < 4.78 is 17.2. The van der Waals surface area contributed by atoms with E-state index in [1.54, 1.807) is 23.3 Å². The molecule has 2 aromatic heterocycles. The van der Waals surface area contributed by atoms with Gasteiger partial charge in [-0.05, 0) is 23.6 Å². The molecule has 0 saturated heterocycles. The van der Waals surface area contributed by atoms with Crippen molar-refractivity contribution >= 4 is 29.0 Å². The third kappa shape index (κ3) is 4.25. The molecular weight excluding hydrogens is 386 g/mol. The predicted molar refractivity (Wildman–Crippen MR) is 101 cm³/mol. The summed E-state index contributed by atoms with van der Waals surface area (Å²) in [7, 11) is 1.78. The maximum absolute atomic E-state index is 12.3. The summed E-state index contributed by atoms with van der Waals surface area (Å²) in [4.78, 5) is 15.1. The molecule has 3 aromatic rings. The maximum atomic E-state index is 12.3. The molecule has 0 fully saturated rings. The summed E-state index contributed by atoms with van der Waals surface area (Å²) in [6.45, 7) is 0.893. The van der Waals surface area contributed by atoms with Gasteiger partial charge in [0.25, 0.3) is 11.1 Å². The van der Waals surface area contributed by atoms with Crippen LogP contribution in [-0.4, -0.2) is 40.4 Å². The van der Waals surface area contributed by atoms with E-state index in [-0.39, 0.29) is 11.7 Å². The second kappa shape index (κ2) is 8.01. The molecule has 0 aliphatic carbocycles. The summed E-state index contributed by atoms with van der Waals surface area (Å²) >= 11 is 2.85. The molecule has 0 spiro atoms. The molecule has 27 heavy (non-hydrogen) atoms. The Balaban J connectivity index is 1.31. The van der Waals surface area contributed by atoms with Crippen LogP contribution in [0.3, 0.4) is 0 Å². The van der Waals surface area contributed by atoms with E-state index in [0.717, 1.165) is 4.88 Å². The van der Waals surface area contributed by atoms with Gasteiger partial charge < -0.3 is 18.8 Å². The molecule has 0 N–H and O–H groups in total. The highest BCUT2D eigenvalue weighted by molar-refractivity contribution is 7.99. The molecule has 3 heterocycles. The standard InChI is InChI=1S/C18H17N3O4S2/c1-21(9-12-5-4-8-26-12)16(22)11-27-18-20-19-17(25-18)15-10-23-13-6-2-3-7-14(13)24-15/h2-8,15H,9-11H2,1H3. The quantitative estimate of drug-likeness (QED) is 0.584. The zero-order chi connectivity index (χ0) is 18.6. The lowest BCUT2D eigenvalue weighted by atomic mass is 10.2. The van der Waals surface area contributed by atoms with E-state index >= 15 is 0 Å². The number of carbonyl (C=O) groups is 1. The van der Waals surface area contributed by atoms with Crippen molar-refractivity contribution < 1.29 is 18.7 Å². The lowest BCUT2D eigenvalue weighted by Crippen LogP contribution is -2.27. The van der Waals surface area contributed by atoms with Crippen molar-refractivity contribution in [3.63, 3.8) is 0 Å². The zero-order valence-corrected chi connectivity index (χ0v) is 16.2. The van der Waals surface area contributed by atoms with Gasteiger partial charge in [0.05, 0.1) is 12.3 Å². The van der Waals surface area contributed by atoms with E-state index in [4.69, 9.17) is 13.9 Å². The number of para-hydroxylation sites is 2.